The van der Waals surface area contributed by atoms with Crippen LogP contribution in [0.5, 0.6) is 0 Å². The molecule has 0 unspecified atom stereocenters. The largest absolute Gasteiger partial charge is 0.456 e. The van der Waals surface area contributed by atoms with Crippen LogP contribution in [-0.2, 0) is 14.3 Å². The van der Waals surface area contributed by atoms with E-state index in [4.69, 9.17) is 27.9 Å². The van der Waals surface area contributed by atoms with E-state index in [2.05, 4.69) is 5.32 Å². The zero-order valence-electron chi connectivity index (χ0n) is 11.5. The molecule has 1 aromatic carbocycles. The van der Waals surface area contributed by atoms with E-state index in [1.54, 1.807) is 18.2 Å². The Kier molecular flexibility index (Phi) is 5.88. The van der Waals surface area contributed by atoms with Gasteiger partial charge in [-0.1, -0.05) is 36.0 Å². The number of carbonyl (C=O) groups is 2. The van der Waals surface area contributed by atoms with Crippen LogP contribution >= 0.6 is 23.2 Å². The van der Waals surface area contributed by atoms with E-state index in [-0.39, 0.29) is 12.6 Å². The maximum absolute atomic E-state index is 11.7. The molecule has 0 atom stereocenters. The molecular formula is C15H17Cl2NO3. The third-order valence-electron chi connectivity index (χ3n) is 3.50. The minimum Gasteiger partial charge on any atom is -0.456 e. The quantitative estimate of drug-likeness (QED) is 0.829. The number of anilines is 1. The number of hydrogen-bond donors (Lipinski definition) is 1. The maximum Gasteiger partial charge on any atom is 0.306 e. The molecular weight excluding hydrogens is 313 g/mol. The average molecular weight is 330 g/mol. The van der Waals surface area contributed by atoms with Crippen molar-refractivity contribution in [3.8, 4) is 0 Å². The molecule has 1 aliphatic carbocycles. The van der Waals surface area contributed by atoms with Crippen LogP contribution in [-0.4, -0.2) is 18.5 Å². The van der Waals surface area contributed by atoms with E-state index in [0.29, 0.717) is 28.1 Å². The van der Waals surface area contributed by atoms with Gasteiger partial charge in [-0.05, 0) is 37.0 Å². The van der Waals surface area contributed by atoms with Crippen molar-refractivity contribution in [1.82, 2.24) is 0 Å². The van der Waals surface area contributed by atoms with Crippen LogP contribution < -0.4 is 5.32 Å². The van der Waals surface area contributed by atoms with Crippen LogP contribution in [0.2, 0.25) is 10.0 Å². The average Bonchev–Trinajstić information content (AvgIpc) is 2.93. The minimum absolute atomic E-state index is 0.311. The van der Waals surface area contributed by atoms with Gasteiger partial charge in [0.1, 0.15) is 0 Å². The second-order valence-corrected chi connectivity index (χ2v) is 6.03. The van der Waals surface area contributed by atoms with Gasteiger partial charge in [0.15, 0.2) is 6.61 Å². The highest BCUT2D eigenvalue weighted by molar-refractivity contribution is 6.35. The van der Waals surface area contributed by atoms with Gasteiger partial charge in [0.25, 0.3) is 5.91 Å². The Morgan fingerprint density at radius 1 is 1.24 bits per heavy atom. The van der Waals surface area contributed by atoms with Crippen molar-refractivity contribution < 1.29 is 14.3 Å². The highest BCUT2D eigenvalue weighted by Gasteiger charge is 2.19. The molecule has 1 aliphatic rings. The lowest BCUT2D eigenvalue weighted by atomic mass is 10.1. The smallest absolute Gasteiger partial charge is 0.306 e. The summed E-state index contributed by atoms with van der Waals surface area (Å²) in [4.78, 5) is 23.4. The van der Waals surface area contributed by atoms with E-state index in [9.17, 15) is 9.59 Å². The van der Waals surface area contributed by atoms with Crippen LogP contribution in [0.25, 0.3) is 0 Å². The molecule has 0 bridgehead atoms. The summed E-state index contributed by atoms with van der Waals surface area (Å²) < 4.78 is 4.98. The molecule has 2 rings (SSSR count). The zero-order chi connectivity index (χ0) is 15.2. The Balaban J connectivity index is 1.76. The van der Waals surface area contributed by atoms with Gasteiger partial charge in [-0.15, -0.1) is 0 Å². The van der Waals surface area contributed by atoms with Crippen molar-refractivity contribution in [3.05, 3.63) is 28.2 Å². The van der Waals surface area contributed by atoms with Gasteiger partial charge in [-0.3, -0.25) is 9.59 Å². The number of benzene rings is 1. The summed E-state index contributed by atoms with van der Waals surface area (Å²) in [5.74, 6) is -0.351. The molecule has 0 radical (unpaired) electrons. The number of rotatable bonds is 5. The highest BCUT2D eigenvalue weighted by atomic mass is 35.5. The summed E-state index contributed by atoms with van der Waals surface area (Å²) in [6, 6.07) is 4.76. The molecule has 1 saturated carbocycles. The molecule has 1 N–H and O–H groups in total. The van der Waals surface area contributed by atoms with E-state index in [0.717, 1.165) is 12.8 Å². The number of carbonyl (C=O) groups excluding carboxylic acids is 2. The zero-order valence-corrected chi connectivity index (χ0v) is 13.0. The Bertz CT molecular complexity index is 528. The predicted molar refractivity (Wildman–Crippen MR) is 82.6 cm³/mol. The van der Waals surface area contributed by atoms with Crippen molar-refractivity contribution in [2.75, 3.05) is 11.9 Å². The lowest BCUT2D eigenvalue weighted by molar-refractivity contribution is -0.148. The topological polar surface area (TPSA) is 55.4 Å². The maximum atomic E-state index is 11.7. The molecule has 0 saturated heterocycles. The molecule has 1 fully saturated rings. The van der Waals surface area contributed by atoms with Gasteiger partial charge in [-0.25, -0.2) is 0 Å². The number of ether oxygens (including phenoxy) is 1. The Morgan fingerprint density at radius 3 is 2.67 bits per heavy atom. The van der Waals surface area contributed by atoms with Gasteiger partial charge < -0.3 is 10.1 Å². The number of halogens is 2. The van der Waals surface area contributed by atoms with Gasteiger partial charge in [0.2, 0.25) is 0 Å². The number of nitrogens with one attached hydrogen (secondary N) is 1. The van der Waals surface area contributed by atoms with Crippen LogP contribution in [0.15, 0.2) is 18.2 Å². The molecule has 21 heavy (non-hydrogen) atoms. The van der Waals surface area contributed by atoms with E-state index in [1.807, 2.05) is 0 Å². The molecule has 0 aromatic heterocycles. The van der Waals surface area contributed by atoms with Crippen molar-refractivity contribution in [3.63, 3.8) is 0 Å². The van der Waals surface area contributed by atoms with Crippen LogP contribution in [0, 0.1) is 5.92 Å². The van der Waals surface area contributed by atoms with Crippen molar-refractivity contribution in [1.29, 1.82) is 0 Å². The van der Waals surface area contributed by atoms with Crippen LogP contribution in [0.1, 0.15) is 32.1 Å². The van der Waals surface area contributed by atoms with Crippen LogP contribution in [0.4, 0.5) is 5.69 Å². The van der Waals surface area contributed by atoms with E-state index >= 15 is 0 Å². The van der Waals surface area contributed by atoms with E-state index < -0.39 is 5.91 Å². The molecule has 0 spiro atoms. The van der Waals surface area contributed by atoms with Gasteiger partial charge in [0, 0.05) is 11.4 Å². The summed E-state index contributed by atoms with van der Waals surface area (Å²) in [5, 5.41) is 3.41. The summed E-state index contributed by atoms with van der Waals surface area (Å²) in [5.41, 5.74) is 0.404. The first-order chi connectivity index (χ1) is 10.0. The fourth-order valence-corrected chi connectivity index (χ4v) is 2.77. The fraction of sp³-hybridized carbons (Fsp3) is 0.467. The van der Waals surface area contributed by atoms with E-state index in [1.165, 1.54) is 12.8 Å². The molecule has 0 heterocycles. The molecule has 114 valence electrons. The summed E-state index contributed by atoms with van der Waals surface area (Å²) in [6.45, 7) is -0.311. The van der Waals surface area contributed by atoms with Gasteiger partial charge >= 0.3 is 5.97 Å². The van der Waals surface area contributed by atoms with Crippen molar-refractivity contribution in [2.24, 2.45) is 5.92 Å². The first-order valence-corrected chi connectivity index (χ1v) is 7.70. The molecule has 6 heteroatoms. The molecule has 0 aliphatic heterocycles. The number of amides is 1. The number of hydrogen-bond acceptors (Lipinski definition) is 3. The summed E-state index contributed by atoms with van der Waals surface area (Å²) in [6.07, 6.45) is 4.88. The van der Waals surface area contributed by atoms with Gasteiger partial charge in [0.05, 0.1) is 10.7 Å². The lowest BCUT2D eigenvalue weighted by Crippen LogP contribution is -2.21. The molecule has 1 amide bonds. The number of esters is 1. The van der Waals surface area contributed by atoms with Crippen LogP contribution in [0.3, 0.4) is 0 Å². The van der Waals surface area contributed by atoms with Crippen molar-refractivity contribution in [2.45, 2.75) is 32.1 Å². The predicted octanol–water partition coefficient (Wildman–Crippen LogP) is 4.06. The normalized spacial score (nSPS) is 15.0. The third-order valence-corrected chi connectivity index (χ3v) is 4.06. The Morgan fingerprint density at radius 2 is 1.95 bits per heavy atom. The van der Waals surface area contributed by atoms with Gasteiger partial charge in [-0.2, -0.15) is 0 Å². The Hall–Kier alpha value is -1.26. The second-order valence-electron chi connectivity index (χ2n) is 5.19. The molecule has 1 aromatic rings. The fourth-order valence-electron chi connectivity index (χ4n) is 2.43. The minimum atomic E-state index is -0.432. The summed E-state index contributed by atoms with van der Waals surface area (Å²) in [7, 11) is 0. The highest BCUT2D eigenvalue weighted by Crippen LogP contribution is 2.28. The van der Waals surface area contributed by atoms with Crippen molar-refractivity contribution >= 4 is 40.8 Å². The standard InChI is InChI=1S/C15H17Cl2NO3/c16-11-5-6-12(17)13(8-11)18-14(19)9-21-15(20)7-10-3-1-2-4-10/h5-6,8,10H,1-4,7,9H2,(H,18,19). The SMILES string of the molecule is O=C(COC(=O)CC1CCCC1)Nc1cc(Cl)ccc1Cl. The first-order valence-electron chi connectivity index (χ1n) is 6.95. The summed E-state index contributed by atoms with van der Waals surface area (Å²) >= 11 is 11.8. The monoisotopic (exact) mass is 329 g/mol. The Labute approximate surface area is 133 Å². The third kappa shape index (κ3) is 5.21. The molecule has 4 nitrogen and oxygen atoms in total. The first kappa shape index (κ1) is 16.1. The lowest BCUT2D eigenvalue weighted by Gasteiger charge is -2.10. The second kappa shape index (κ2) is 7.66.